The van der Waals surface area contributed by atoms with Crippen molar-refractivity contribution in [1.29, 1.82) is 0 Å². The molecule has 0 radical (unpaired) electrons. The summed E-state index contributed by atoms with van der Waals surface area (Å²) in [4.78, 5) is 30.3. The third-order valence-corrected chi connectivity index (χ3v) is 4.33. The number of hydrogen-bond acceptors (Lipinski definition) is 3. The number of hydrogen-bond donors (Lipinski definition) is 1. The summed E-state index contributed by atoms with van der Waals surface area (Å²) in [6, 6.07) is 8.35. The highest BCUT2D eigenvalue weighted by Crippen LogP contribution is 2.34. The van der Waals surface area contributed by atoms with Crippen molar-refractivity contribution < 1.29 is 18.4 Å². The molecule has 25 heavy (non-hydrogen) atoms. The third kappa shape index (κ3) is 2.88. The van der Waals surface area contributed by atoms with Crippen LogP contribution in [0, 0.1) is 0 Å². The standard InChI is InChI=1S/C17H18F2N4O2/c1-2-8-17(12-6-4-3-5-7-12)14(24)23(16(25)21-17)11-13-20-9-10-22(13)15(18)19/h3-7,9-10,15H,2,8,11H2,1H3,(H,21,25)/t17-/m1/s1. The Morgan fingerprint density at radius 3 is 2.60 bits per heavy atom. The fourth-order valence-corrected chi connectivity index (χ4v) is 3.16. The maximum absolute atomic E-state index is 13.1. The van der Waals surface area contributed by atoms with E-state index in [2.05, 4.69) is 10.3 Å². The Hall–Kier alpha value is -2.77. The van der Waals surface area contributed by atoms with Gasteiger partial charge in [0, 0.05) is 12.4 Å². The van der Waals surface area contributed by atoms with Crippen molar-refractivity contribution in [3.8, 4) is 0 Å². The van der Waals surface area contributed by atoms with E-state index in [-0.39, 0.29) is 12.4 Å². The molecular weight excluding hydrogens is 330 g/mol. The first kappa shape index (κ1) is 17.1. The number of rotatable bonds is 6. The number of halogens is 2. The summed E-state index contributed by atoms with van der Waals surface area (Å²) in [5.74, 6) is -0.492. The molecule has 6 nitrogen and oxygen atoms in total. The second kappa shape index (κ2) is 6.62. The Balaban J connectivity index is 1.94. The lowest BCUT2D eigenvalue weighted by molar-refractivity contribution is -0.132. The molecule has 1 N–H and O–H groups in total. The molecule has 132 valence electrons. The van der Waals surface area contributed by atoms with Gasteiger partial charge in [-0.15, -0.1) is 0 Å². The highest BCUT2D eigenvalue weighted by molar-refractivity contribution is 6.07. The van der Waals surface area contributed by atoms with Gasteiger partial charge in [0.15, 0.2) is 0 Å². The second-order valence-electron chi connectivity index (χ2n) is 5.87. The molecule has 1 aromatic carbocycles. The first-order valence-corrected chi connectivity index (χ1v) is 7.99. The molecule has 3 amide bonds. The Morgan fingerprint density at radius 2 is 1.96 bits per heavy atom. The van der Waals surface area contributed by atoms with E-state index in [1.165, 1.54) is 6.20 Å². The van der Waals surface area contributed by atoms with Crippen LogP contribution < -0.4 is 5.32 Å². The van der Waals surface area contributed by atoms with E-state index in [0.29, 0.717) is 23.0 Å². The van der Waals surface area contributed by atoms with Gasteiger partial charge in [0.1, 0.15) is 11.4 Å². The summed E-state index contributed by atoms with van der Waals surface area (Å²) >= 11 is 0. The van der Waals surface area contributed by atoms with Crippen LogP contribution in [0.15, 0.2) is 42.7 Å². The quantitative estimate of drug-likeness (QED) is 0.816. The van der Waals surface area contributed by atoms with Crippen LogP contribution >= 0.6 is 0 Å². The molecule has 1 atom stereocenters. The fraction of sp³-hybridized carbons (Fsp3) is 0.353. The average molecular weight is 348 g/mol. The SMILES string of the molecule is CCC[C@]1(c2ccccc2)NC(=O)N(Cc2nccn2C(F)F)C1=O. The summed E-state index contributed by atoms with van der Waals surface area (Å²) in [5, 5.41) is 2.76. The maximum atomic E-state index is 13.1. The van der Waals surface area contributed by atoms with Crippen molar-refractivity contribution >= 4 is 11.9 Å². The minimum Gasteiger partial charge on any atom is -0.319 e. The summed E-state index contributed by atoms with van der Waals surface area (Å²) in [7, 11) is 0. The predicted octanol–water partition coefficient (Wildman–Crippen LogP) is 3.03. The molecule has 1 aromatic heterocycles. The molecular formula is C17H18F2N4O2. The fourth-order valence-electron chi connectivity index (χ4n) is 3.16. The van der Waals surface area contributed by atoms with E-state index in [1.807, 2.05) is 13.0 Å². The first-order valence-electron chi connectivity index (χ1n) is 7.99. The van der Waals surface area contributed by atoms with Crippen molar-refractivity contribution in [3.05, 3.63) is 54.1 Å². The van der Waals surface area contributed by atoms with Gasteiger partial charge in [0.05, 0.1) is 6.54 Å². The molecule has 0 unspecified atom stereocenters. The molecule has 2 heterocycles. The number of carbonyl (C=O) groups is 2. The van der Waals surface area contributed by atoms with Crippen molar-refractivity contribution in [2.45, 2.75) is 38.4 Å². The largest absolute Gasteiger partial charge is 0.325 e. The van der Waals surface area contributed by atoms with Gasteiger partial charge in [-0.2, -0.15) is 8.78 Å². The van der Waals surface area contributed by atoms with Crippen molar-refractivity contribution in [2.75, 3.05) is 0 Å². The molecule has 1 aliphatic heterocycles. The average Bonchev–Trinajstić information content (AvgIpc) is 3.16. The van der Waals surface area contributed by atoms with E-state index in [1.54, 1.807) is 24.3 Å². The molecule has 0 bridgehead atoms. The number of nitrogens with one attached hydrogen (secondary N) is 1. The molecule has 8 heteroatoms. The van der Waals surface area contributed by atoms with Crippen molar-refractivity contribution in [2.24, 2.45) is 0 Å². The van der Waals surface area contributed by atoms with Crippen LogP contribution in [0.5, 0.6) is 0 Å². The number of alkyl halides is 2. The molecule has 0 spiro atoms. The molecule has 1 aliphatic rings. The Kier molecular flexibility index (Phi) is 4.52. The summed E-state index contributed by atoms with van der Waals surface area (Å²) < 4.78 is 26.6. The summed E-state index contributed by atoms with van der Waals surface area (Å²) in [6.45, 7) is -1.18. The highest BCUT2D eigenvalue weighted by Gasteiger charge is 2.51. The Labute approximate surface area is 143 Å². The van der Waals surface area contributed by atoms with Gasteiger partial charge in [-0.25, -0.2) is 9.78 Å². The topological polar surface area (TPSA) is 67.2 Å². The predicted molar refractivity (Wildman–Crippen MR) is 85.6 cm³/mol. The smallest absolute Gasteiger partial charge is 0.319 e. The van der Waals surface area contributed by atoms with Crippen LogP contribution in [-0.4, -0.2) is 26.4 Å². The van der Waals surface area contributed by atoms with Crippen LogP contribution in [0.1, 0.15) is 37.7 Å². The van der Waals surface area contributed by atoms with Gasteiger partial charge in [0.2, 0.25) is 0 Å². The molecule has 3 rings (SSSR count). The van der Waals surface area contributed by atoms with Crippen LogP contribution in [0.25, 0.3) is 0 Å². The van der Waals surface area contributed by atoms with Gasteiger partial charge < -0.3 is 5.32 Å². The van der Waals surface area contributed by atoms with Crippen LogP contribution in [0.3, 0.4) is 0 Å². The number of nitrogens with zero attached hydrogens (tertiary/aromatic N) is 3. The van der Waals surface area contributed by atoms with Gasteiger partial charge in [0.25, 0.3) is 5.91 Å². The maximum Gasteiger partial charge on any atom is 0.325 e. The number of urea groups is 1. The lowest BCUT2D eigenvalue weighted by Crippen LogP contribution is -2.43. The molecule has 0 aliphatic carbocycles. The third-order valence-electron chi connectivity index (χ3n) is 4.33. The lowest BCUT2D eigenvalue weighted by Gasteiger charge is -2.27. The van der Waals surface area contributed by atoms with E-state index < -0.39 is 24.0 Å². The van der Waals surface area contributed by atoms with Gasteiger partial charge >= 0.3 is 12.6 Å². The van der Waals surface area contributed by atoms with Gasteiger partial charge in [-0.1, -0.05) is 43.7 Å². The van der Waals surface area contributed by atoms with Gasteiger partial charge in [-0.05, 0) is 12.0 Å². The monoisotopic (exact) mass is 348 g/mol. The Morgan fingerprint density at radius 1 is 1.24 bits per heavy atom. The second-order valence-corrected chi connectivity index (χ2v) is 5.87. The zero-order valence-corrected chi connectivity index (χ0v) is 13.7. The summed E-state index contributed by atoms with van der Waals surface area (Å²) in [6.07, 6.45) is 3.42. The van der Waals surface area contributed by atoms with Crippen LogP contribution in [0.2, 0.25) is 0 Å². The first-order chi connectivity index (χ1) is 12.0. The van der Waals surface area contributed by atoms with E-state index in [4.69, 9.17) is 0 Å². The van der Waals surface area contributed by atoms with E-state index >= 15 is 0 Å². The molecule has 0 saturated carbocycles. The number of imide groups is 1. The van der Waals surface area contributed by atoms with E-state index in [0.717, 1.165) is 11.1 Å². The Bertz CT molecular complexity index is 778. The summed E-state index contributed by atoms with van der Waals surface area (Å²) in [5.41, 5.74) is -0.495. The van der Waals surface area contributed by atoms with Crippen LogP contribution in [0.4, 0.5) is 13.6 Å². The van der Waals surface area contributed by atoms with Crippen LogP contribution in [-0.2, 0) is 16.9 Å². The number of imidazole rings is 1. The minimum absolute atomic E-state index is 0.0427. The zero-order valence-electron chi connectivity index (χ0n) is 13.7. The number of aromatic nitrogens is 2. The van der Waals surface area contributed by atoms with Gasteiger partial charge in [-0.3, -0.25) is 14.3 Å². The zero-order chi connectivity index (χ0) is 18.0. The lowest BCUT2D eigenvalue weighted by atomic mass is 9.85. The number of amides is 3. The normalized spacial score (nSPS) is 20.4. The highest BCUT2D eigenvalue weighted by atomic mass is 19.3. The van der Waals surface area contributed by atoms with Crippen molar-refractivity contribution in [3.63, 3.8) is 0 Å². The van der Waals surface area contributed by atoms with E-state index in [9.17, 15) is 18.4 Å². The molecule has 2 aromatic rings. The molecule has 1 saturated heterocycles. The van der Waals surface area contributed by atoms with Crippen molar-refractivity contribution in [1.82, 2.24) is 19.8 Å². The number of benzene rings is 1. The molecule has 1 fully saturated rings. The number of carbonyl (C=O) groups excluding carboxylic acids is 2. The minimum atomic E-state index is -2.78.